The van der Waals surface area contributed by atoms with Crippen LogP contribution >= 0.6 is 15.9 Å². The Balaban J connectivity index is 2.26. The highest BCUT2D eigenvalue weighted by Gasteiger charge is 2.46. The van der Waals surface area contributed by atoms with Gasteiger partial charge in [0.2, 0.25) is 0 Å². The van der Waals surface area contributed by atoms with E-state index in [2.05, 4.69) is 15.9 Å². The molecule has 0 spiro atoms. The fourth-order valence-corrected chi connectivity index (χ4v) is 4.40. The van der Waals surface area contributed by atoms with Crippen molar-refractivity contribution in [1.82, 2.24) is 0 Å². The maximum atomic E-state index is 11.9. The molecule has 2 aliphatic rings. The van der Waals surface area contributed by atoms with E-state index in [1.54, 1.807) is 0 Å². The van der Waals surface area contributed by atoms with Crippen molar-refractivity contribution in [3.63, 3.8) is 0 Å². The van der Waals surface area contributed by atoms with Gasteiger partial charge in [-0.3, -0.25) is 4.79 Å². The van der Waals surface area contributed by atoms with Crippen LogP contribution in [0.1, 0.15) is 55.2 Å². The summed E-state index contributed by atoms with van der Waals surface area (Å²) in [5.74, 6) is -0.633. The van der Waals surface area contributed by atoms with Crippen LogP contribution in [0.3, 0.4) is 0 Å². The summed E-state index contributed by atoms with van der Waals surface area (Å²) < 4.78 is 0.640. The van der Waals surface area contributed by atoms with Crippen LogP contribution in [0.2, 0.25) is 0 Å². The monoisotopic (exact) mass is 338 g/mol. The van der Waals surface area contributed by atoms with Gasteiger partial charge in [-0.1, -0.05) is 12.8 Å². The number of halogens is 1. The summed E-state index contributed by atoms with van der Waals surface area (Å²) in [5.41, 5.74) is 2.13. The van der Waals surface area contributed by atoms with Gasteiger partial charge >= 0.3 is 5.97 Å². The van der Waals surface area contributed by atoms with Crippen molar-refractivity contribution in [2.24, 2.45) is 0 Å². The average Bonchev–Trinajstić information content (AvgIpc) is 2.90. The molecule has 0 aliphatic heterocycles. The number of carboxylic acids is 1. The van der Waals surface area contributed by atoms with Crippen molar-refractivity contribution >= 4 is 21.9 Å². The number of phenols is 1. The number of hydrogen-bond acceptors (Lipinski definition) is 2. The third kappa shape index (κ3) is 1.96. The minimum Gasteiger partial charge on any atom is -0.506 e. The van der Waals surface area contributed by atoms with Gasteiger partial charge in [-0.05, 0) is 71.6 Å². The van der Waals surface area contributed by atoms with E-state index < -0.39 is 11.4 Å². The maximum absolute atomic E-state index is 11.9. The van der Waals surface area contributed by atoms with Gasteiger partial charge < -0.3 is 10.2 Å². The van der Waals surface area contributed by atoms with Crippen molar-refractivity contribution in [3.05, 3.63) is 27.2 Å². The highest BCUT2D eigenvalue weighted by Crippen LogP contribution is 2.50. The molecule has 4 heteroatoms. The minimum atomic E-state index is -0.880. The van der Waals surface area contributed by atoms with Gasteiger partial charge in [0.15, 0.2) is 0 Å². The first-order valence-electron chi connectivity index (χ1n) is 7.33. The summed E-state index contributed by atoms with van der Waals surface area (Å²) in [6, 6.07) is 1.97. The molecule has 1 aromatic carbocycles. The van der Waals surface area contributed by atoms with Crippen LogP contribution in [0.25, 0.3) is 0 Å². The van der Waals surface area contributed by atoms with Gasteiger partial charge in [0.05, 0.1) is 9.89 Å². The fourth-order valence-electron chi connectivity index (χ4n) is 3.92. The predicted octanol–water partition coefficient (Wildman–Crippen LogP) is 3.93. The second-order valence-electron chi connectivity index (χ2n) is 6.02. The zero-order chi connectivity index (χ0) is 14.3. The molecule has 108 valence electrons. The highest BCUT2D eigenvalue weighted by molar-refractivity contribution is 9.10. The third-order valence-corrected chi connectivity index (χ3v) is 5.53. The van der Waals surface area contributed by atoms with Gasteiger partial charge in [-0.2, -0.15) is 0 Å². The Morgan fingerprint density at radius 1 is 1.15 bits per heavy atom. The van der Waals surface area contributed by atoms with Crippen LogP contribution in [0.15, 0.2) is 10.5 Å². The summed E-state index contributed by atoms with van der Waals surface area (Å²) in [6.45, 7) is 0. The number of rotatable bonds is 2. The van der Waals surface area contributed by atoms with E-state index in [0.29, 0.717) is 22.9 Å². The minimum absolute atomic E-state index is 0.148. The van der Waals surface area contributed by atoms with E-state index in [-0.39, 0.29) is 5.75 Å². The molecule has 2 N–H and O–H groups in total. The first-order valence-corrected chi connectivity index (χ1v) is 8.12. The molecule has 0 radical (unpaired) electrons. The topological polar surface area (TPSA) is 57.5 Å². The molecule has 2 aliphatic carbocycles. The third-order valence-electron chi connectivity index (χ3n) is 4.92. The van der Waals surface area contributed by atoms with Gasteiger partial charge in [0, 0.05) is 5.56 Å². The normalized spacial score (nSPS) is 20.6. The van der Waals surface area contributed by atoms with Crippen LogP contribution < -0.4 is 0 Å². The van der Waals surface area contributed by atoms with E-state index in [9.17, 15) is 15.0 Å². The molecule has 3 rings (SSSR count). The van der Waals surface area contributed by atoms with Crippen LogP contribution in [0.5, 0.6) is 5.75 Å². The Bertz CT molecular complexity index is 559. The van der Waals surface area contributed by atoms with Gasteiger partial charge in [0.1, 0.15) is 5.75 Å². The van der Waals surface area contributed by atoms with Gasteiger partial charge in [0.25, 0.3) is 0 Å². The molecule has 20 heavy (non-hydrogen) atoms. The van der Waals surface area contributed by atoms with Gasteiger partial charge in [-0.25, -0.2) is 0 Å². The molecule has 0 amide bonds. The van der Waals surface area contributed by atoms with Crippen molar-refractivity contribution in [3.8, 4) is 5.75 Å². The Morgan fingerprint density at radius 2 is 1.80 bits per heavy atom. The van der Waals surface area contributed by atoms with E-state index in [4.69, 9.17) is 0 Å². The molecule has 1 saturated carbocycles. The molecule has 0 saturated heterocycles. The number of aryl methyl sites for hydroxylation is 1. The Morgan fingerprint density at radius 3 is 2.45 bits per heavy atom. The lowest BCUT2D eigenvalue weighted by atomic mass is 9.72. The first-order chi connectivity index (χ1) is 9.56. The number of phenolic OH excluding ortho intramolecular Hbond substituents is 1. The highest BCUT2D eigenvalue weighted by atomic mass is 79.9. The van der Waals surface area contributed by atoms with Crippen LogP contribution in [-0.2, 0) is 23.1 Å². The lowest BCUT2D eigenvalue weighted by molar-refractivity contribution is -0.143. The maximum Gasteiger partial charge on any atom is 0.314 e. The van der Waals surface area contributed by atoms with Crippen molar-refractivity contribution in [2.75, 3.05) is 0 Å². The summed E-state index contributed by atoms with van der Waals surface area (Å²) in [6.07, 6.45) is 7.22. The first kappa shape index (κ1) is 13.9. The summed E-state index contributed by atoms with van der Waals surface area (Å²) in [7, 11) is 0. The number of hydrogen-bond donors (Lipinski definition) is 2. The molecule has 1 aromatic rings. The molecule has 0 unspecified atom stereocenters. The SMILES string of the molecule is O=C(O)C1(c2c(O)c(Br)cc3c2CCCC3)CCCC1. The molecule has 0 aromatic heterocycles. The second-order valence-corrected chi connectivity index (χ2v) is 6.88. The van der Waals surface area contributed by atoms with E-state index in [1.807, 2.05) is 6.07 Å². The summed E-state index contributed by atoms with van der Waals surface area (Å²) in [5, 5.41) is 20.3. The van der Waals surface area contributed by atoms with Gasteiger partial charge in [-0.15, -0.1) is 0 Å². The Hall–Kier alpha value is -1.03. The summed E-state index contributed by atoms with van der Waals surface area (Å²) in [4.78, 5) is 11.9. The zero-order valence-corrected chi connectivity index (χ0v) is 13.0. The lowest BCUT2D eigenvalue weighted by Gasteiger charge is -2.31. The van der Waals surface area contributed by atoms with E-state index in [1.165, 1.54) is 5.56 Å². The molecular weight excluding hydrogens is 320 g/mol. The second kappa shape index (κ2) is 5.06. The van der Waals surface area contributed by atoms with E-state index >= 15 is 0 Å². The molecule has 1 fully saturated rings. The zero-order valence-electron chi connectivity index (χ0n) is 11.4. The largest absolute Gasteiger partial charge is 0.506 e. The Kier molecular flexibility index (Phi) is 3.53. The number of carbonyl (C=O) groups is 1. The average molecular weight is 339 g/mol. The van der Waals surface area contributed by atoms with Crippen molar-refractivity contribution in [2.45, 2.75) is 56.8 Å². The lowest BCUT2D eigenvalue weighted by Crippen LogP contribution is -2.34. The standard InChI is InChI=1S/C16H19BrO3/c17-12-9-10-5-1-2-6-11(10)13(14(12)18)16(15(19)20)7-3-4-8-16/h9,18H,1-8H2,(H,19,20). The molecule has 3 nitrogen and oxygen atoms in total. The predicted molar refractivity (Wildman–Crippen MR) is 80.2 cm³/mol. The number of aromatic hydroxyl groups is 1. The smallest absolute Gasteiger partial charge is 0.314 e. The fraction of sp³-hybridized carbons (Fsp3) is 0.562. The van der Waals surface area contributed by atoms with Crippen molar-refractivity contribution in [1.29, 1.82) is 0 Å². The quantitative estimate of drug-likeness (QED) is 0.858. The Labute approximate surface area is 127 Å². The molecular formula is C16H19BrO3. The number of carboxylic acid groups (broad SMARTS) is 1. The molecule has 0 heterocycles. The number of benzene rings is 1. The molecule has 0 atom stereocenters. The number of fused-ring (bicyclic) bond motifs is 1. The molecule has 0 bridgehead atoms. The van der Waals surface area contributed by atoms with E-state index in [0.717, 1.165) is 44.1 Å². The summed E-state index contributed by atoms with van der Waals surface area (Å²) >= 11 is 3.40. The van der Waals surface area contributed by atoms with Crippen LogP contribution in [-0.4, -0.2) is 16.2 Å². The van der Waals surface area contributed by atoms with Crippen LogP contribution in [0, 0.1) is 0 Å². The number of aliphatic carboxylic acids is 1. The van der Waals surface area contributed by atoms with Crippen LogP contribution in [0.4, 0.5) is 0 Å². The van der Waals surface area contributed by atoms with Crippen molar-refractivity contribution < 1.29 is 15.0 Å².